The molecule has 80 valence electrons. The SMILES string of the molecule is CC1(C)CCCC(NC2CC=CC2)C1. The van der Waals surface area contributed by atoms with Crippen LogP contribution in [0, 0.1) is 5.41 Å². The molecule has 0 aromatic heterocycles. The monoisotopic (exact) mass is 193 g/mol. The van der Waals surface area contributed by atoms with Gasteiger partial charge in [0, 0.05) is 12.1 Å². The Kier molecular flexibility index (Phi) is 2.96. The Bertz CT molecular complexity index is 209. The van der Waals surface area contributed by atoms with Crippen molar-refractivity contribution in [3.8, 4) is 0 Å². The summed E-state index contributed by atoms with van der Waals surface area (Å²) >= 11 is 0. The highest BCUT2D eigenvalue weighted by Crippen LogP contribution is 2.35. The van der Waals surface area contributed by atoms with Gasteiger partial charge in [-0.15, -0.1) is 0 Å². The predicted molar refractivity (Wildman–Crippen MR) is 61.3 cm³/mol. The van der Waals surface area contributed by atoms with Crippen molar-refractivity contribution in [3.05, 3.63) is 12.2 Å². The van der Waals surface area contributed by atoms with Gasteiger partial charge >= 0.3 is 0 Å². The number of rotatable bonds is 2. The van der Waals surface area contributed by atoms with Crippen LogP contribution in [0.2, 0.25) is 0 Å². The molecule has 1 nitrogen and oxygen atoms in total. The van der Waals surface area contributed by atoms with Crippen molar-refractivity contribution in [1.29, 1.82) is 0 Å². The Hall–Kier alpha value is -0.300. The topological polar surface area (TPSA) is 12.0 Å². The van der Waals surface area contributed by atoms with Crippen LogP contribution >= 0.6 is 0 Å². The molecular weight excluding hydrogens is 170 g/mol. The fourth-order valence-corrected chi connectivity index (χ4v) is 2.93. The van der Waals surface area contributed by atoms with Gasteiger partial charge in [-0.2, -0.15) is 0 Å². The first-order valence-electron chi connectivity index (χ1n) is 6.07. The van der Waals surface area contributed by atoms with E-state index in [0.29, 0.717) is 5.41 Å². The fourth-order valence-electron chi connectivity index (χ4n) is 2.93. The van der Waals surface area contributed by atoms with E-state index in [2.05, 4.69) is 31.3 Å². The van der Waals surface area contributed by atoms with Crippen molar-refractivity contribution >= 4 is 0 Å². The molecule has 0 aromatic rings. The van der Waals surface area contributed by atoms with Crippen molar-refractivity contribution in [3.63, 3.8) is 0 Å². The van der Waals surface area contributed by atoms with Crippen molar-refractivity contribution in [1.82, 2.24) is 5.32 Å². The third kappa shape index (κ3) is 2.60. The normalized spacial score (nSPS) is 32.3. The van der Waals surface area contributed by atoms with Gasteiger partial charge in [0.05, 0.1) is 0 Å². The summed E-state index contributed by atoms with van der Waals surface area (Å²) < 4.78 is 0. The second-order valence-electron chi connectivity index (χ2n) is 5.76. The van der Waals surface area contributed by atoms with E-state index in [1.54, 1.807) is 0 Å². The van der Waals surface area contributed by atoms with Gasteiger partial charge in [0.2, 0.25) is 0 Å². The minimum absolute atomic E-state index is 0.571. The molecule has 0 aromatic carbocycles. The Balaban J connectivity index is 1.80. The van der Waals surface area contributed by atoms with Crippen LogP contribution < -0.4 is 5.32 Å². The zero-order valence-electron chi connectivity index (χ0n) is 9.55. The summed E-state index contributed by atoms with van der Waals surface area (Å²) in [6.45, 7) is 4.82. The third-order valence-corrected chi connectivity index (χ3v) is 3.68. The quantitative estimate of drug-likeness (QED) is 0.664. The molecule has 1 fully saturated rings. The lowest BCUT2D eigenvalue weighted by Crippen LogP contribution is -2.42. The van der Waals surface area contributed by atoms with Crippen LogP contribution in [0.25, 0.3) is 0 Å². The van der Waals surface area contributed by atoms with Crippen LogP contribution in [0.1, 0.15) is 52.4 Å². The Morgan fingerprint density at radius 2 is 1.86 bits per heavy atom. The maximum absolute atomic E-state index is 3.81. The van der Waals surface area contributed by atoms with Crippen LogP contribution in [0.4, 0.5) is 0 Å². The minimum Gasteiger partial charge on any atom is -0.311 e. The van der Waals surface area contributed by atoms with Crippen LogP contribution in [-0.4, -0.2) is 12.1 Å². The van der Waals surface area contributed by atoms with Gasteiger partial charge in [0.15, 0.2) is 0 Å². The van der Waals surface area contributed by atoms with E-state index in [-0.39, 0.29) is 0 Å². The standard InChI is InChI=1S/C13H23N/c1-13(2)9-5-8-12(10-13)14-11-6-3-4-7-11/h3-4,11-12,14H,5-10H2,1-2H3. The van der Waals surface area contributed by atoms with E-state index >= 15 is 0 Å². The minimum atomic E-state index is 0.571. The van der Waals surface area contributed by atoms with E-state index in [4.69, 9.17) is 0 Å². The van der Waals surface area contributed by atoms with Gasteiger partial charge in [0.25, 0.3) is 0 Å². The van der Waals surface area contributed by atoms with Gasteiger partial charge < -0.3 is 5.32 Å². The summed E-state index contributed by atoms with van der Waals surface area (Å²) in [5.74, 6) is 0. The van der Waals surface area contributed by atoms with Crippen LogP contribution in [0.3, 0.4) is 0 Å². The molecule has 0 aliphatic heterocycles. The van der Waals surface area contributed by atoms with Gasteiger partial charge in [-0.3, -0.25) is 0 Å². The average molecular weight is 193 g/mol. The Morgan fingerprint density at radius 1 is 1.14 bits per heavy atom. The number of nitrogens with one attached hydrogen (secondary N) is 1. The van der Waals surface area contributed by atoms with Gasteiger partial charge in [-0.05, 0) is 37.5 Å². The molecule has 0 heterocycles. The van der Waals surface area contributed by atoms with E-state index in [1.807, 2.05) is 0 Å². The van der Waals surface area contributed by atoms with Crippen molar-refractivity contribution in [2.45, 2.75) is 64.5 Å². The highest BCUT2D eigenvalue weighted by atomic mass is 15.0. The molecular formula is C13H23N. The lowest BCUT2D eigenvalue weighted by Gasteiger charge is -2.37. The predicted octanol–water partition coefficient (Wildman–Crippen LogP) is 3.26. The fraction of sp³-hybridized carbons (Fsp3) is 0.846. The number of hydrogen-bond donors (Lipinski definition) is 1. The maximum Gasteiger partial charge on any atom is 0.0139 e. The molecule has 1 unspecified atom stereocenters. The molecule has 14 heavy (non-hydrogen) atoms. The molecule has 0 bridgehead atoms. The van der Waals surface area contributed by atoms with Gasteiger partial charge in [0.1, 0.15) is 0 Å². The average Bonchev–Trinajstić information content (AvgIpc) is 2.54. The summed E-state index contributed by atoms with van der Waals surface area (Å²) in [7, 11) is 0. The van der Waals surface area contributed by atoms with Crippen molar-refractivity contribution in [2.24, 2.45) is 5.41 Å². The second kappa shape index (κ2) is 4.06. The molecule has 1 N–H and O–H groups in total. The molecule has 1 heteroatoms. The summed E-state index contributed by atoms with van der Waals surface area (Å²) in [5.41, 5.74) is 0.571. The molecule has 0 radical (unpaired) electrons. The zero-order chi connectivity index (χ0) is 10.0. The smallest absolute Gasteiger partial charge is 0.0139 e. The summed E-state index contributed by atoms with van der Waals surface area (Å²) in [5, 5.41) is 3.81. The first-order chi connectivity index (χ1) is 6.66. The Labute approximate surface area is 88.0 Å². The van der Waals surface area contributed by atoms with Crippen LogP contribution in [0.5, 0.6) is 0 Å². The van der Waals surface area contributed by atoms with E-state index in [0.717, 1.165) is 12.1 Å². The first kappa shape index (κ1) is 10.2. The summed E-state index contributed by atoms with van der Waals surface area (Å²) in [4.78, 5) is 0. The maximum atomic E-state index is 3.81. The van der Waals surface area contributed by atoms with Gasteiger partial charge in [-0.25, -0.2) is 0 Å². The van der Waals surface area contributed by atoms with Crippen molar-refractivity contribution in [2.75, 3.05) is 0 Å². The molecule has 2 rings (SSSR count). The summed E-state index contributed by atoms with van der Waals surface area (Å²) in [6, 6.07) is 1.53. The van der Waals surface area contributed by atoms with Crippen molar-refractivity contribution < 1.29 is 0 Å². The molecule has 0 saturated heterocycles. The third-order valence-electron chi connectivity index (χ3n) is 3.68. The molecule has 0 amide bonds. The van der Waals surface area contributed by atoms with E-state index < -0.39 is 0 Å². The zero-order valence-corrected chi connectivity index (χ0v) is 9.55. The largest absolute Gasteiger partial charge is 0.311 e. The summed E-state index contributed by atoms with van der Waals surface area (Å²) in [6.07, 6.45) is 12.7. The lowest BCUT2D eigenvalue weighted by molar-refractivity contribution is 0.190. The lowest BCUT2D eigenvalue weighted by atomic mass is 9.75. The molecule has 2 aliphatic carbocycles. The molecule has 0 spiro atoms. The van der Waals surface area contributed by atoms with E-state index in [1.165, 1.54) is 38.5 Å². The van der Waals surface area contributed by atoms with Crippen LogP contribution in [0.15, 0.2) is 12.2 Å². The number of hydrogen-bond acceptors (Lipinski definition) is 1. The molecule has 2 aliphatic rings. The highest BCUT2D eigenvalue weighted by Gasteiger charge is 2.28. The van der Waals surface area contributed by atoms with Gasteiger partial charge in [-0.1, -0.05) is 32.4 Å². The molecule has 1 saturated carbocycles. The Morgan fingerprint density at radius 3 is 2.50 bits per heavy atom. The molecule has 1 atom stereocenters. The second-order valence-corrected chi connectivity index (χ2v) is 5.76. The highest BCUT2D eigenvalue weighted by molar-refractivity contribution is 4.99. The van der Waals surface area contributed by atoms with Crippen LogP contribution in [-0.2, 0) is 0 Å². The first-order valence-corrected chi connectivity index (χ1v) is 6.07. The van der Waals surface area contributed by atoms with E-state index in [9.17, 15) is 0 Å².